The highest BCUT2D eigenvalue weighted by atomic mass is 127. The van der Waals surface area contributed by atoms with Crippen LogP contribution < -0.4 is 9.47 Å². The Labute approximate surface area is 333 Å². The van der Waals surface area contributed by atoms with Crippen LogP contribution in [0.5, 0.6) is 11.5 Å². The number of unbranched alkanes of at least 4 members (excludes halogenated alkanes) is 18. The minimum absolute atomic E-state index is 0.781. The monoisotopic (exact) mass is 898 g/mol. The van der Waals surface area contributed by atoms with Gasteiger partial charge in [0.2, 0.25) is 0 Å². The van der Waals surface area contributed by atoms with Crippen LogP contribution in [0, 0.1) is 30.8 Å². The van der Waals surface area contributed by atoms with Crippen molar-refractivity contribution in [2.75, 3.05) is 13.2 Å². The van der Waals surface area contributed by atoms with E-state index in [4.69, 9.17) is 9.47 Å². The molecule has 0 heterocycles. The average molecular weight is 899 g/mol. The zero-order valence-electron chi connectivity index (χ0n) is 30.9. The molecule has 270 valence electrons. The van der Waals surface area contributed by atoms with Crippen LogP contribution in [0.1, 0.15) is 165 Å². The first-order chi connectivity index (χ1) is 24.6. The predicted octanol–water partition coefficient (Wildman–Crippen LogP) is 14.3. The zero-order valence-corrected chi connectivity index (χ0v) is 35.2. The number of rotatable bonds is 24. The molecule has 0 aromatic heterocycles. The van der Waals surface area contributed by atoms with Gasteiger partial charge in [0.05, 0.1) is 13.2 Å². The van der Waals surface area contributed by atoms with Crippen LogP contribution in [-0.4, -0.2) is 13.2 Å². The van der Waals surface area contributed by atoms with E-state index in [2.05, 4.69) is 94.8 Å². The van der Waals surface area contributed by atoms with Crippen LogP contribution in [-0.2, 0) is 0 Å². The Hall–Kier alpha value is -2.16. The Morgan fingerprint density at radius 1 is 0.400 bits per heavy atom. The van der Waals surface area contributed by atoms with Gasteiger partial charge in [0.15, 0.2) is 0 Å². The van der Waals surface area contributed by atoms with Crippen LogP contribution in [0.15, 0.2) is 60.7 Å². The summed E-state index contributed by atoms with van der Waals surface area (Å²) in [5.41, 5.74) is 3.95. The van der Waals surface area contributed by atoms with E-state index in [1.807, 2.05) is 48.5 Å². The summed E-state index contributed by atoms with van der Waals surface area (Å²) in [7, 11) is 0. The van der Waals surface area contributed by atoms with Crippen molar-refractivity contribution in [3.8, 4) is 35.2 Å². The molecule has 3 aromatic carbocycles. The molecule has 0 aliphatic heterocycles. The zero-order chi connectivity index (χ0) is 35.5. The maximum atomic E-state index is 5.99. The highest BCUT2D eigenvalue weighted by Crippen LogP contribution is 2.21. The number of halogens is 2. The molecule has 0 unspecified atom stereocenters. The quantitative estimate of drug-likeness (QED) is 0.0507. The van der Waals surface area contributed by atoms with E-state index in [0.29, 0.717) is 0 Å². The normalized spacial score (nSPS) is 10.6. The summed E-state index contributed by atoms with van der Waals surface area (Å²) in [5, 5.41) is 0. The standard InChI is InChI=1S/C46H60I2O2/c1-3-5-7-9-11-13-15-17-19-21-35-49-43-31-25-39(26-32-43)23-29-41-37-42(46(48)38-45(41)47)30-24-40-27-33-44(34-28-40)50-36-22-20-18-16-14-12-10-8-6-4-2/h25-28,31-34,37-38H,3-22,35-36H2,1-2H3. The molecule has 0 radical (unpaired) electrons. The molecule has 4 heteroatoms. The fourth-order valence-electron chi connectivity index (χ4n) is 5.85. The molecule has 0 N–H and O–H groups in total. The summed E-state index contributed by atoms with van der Waals surface area (Å²) in [4.78, 5) is 0. The smallest absolute Gasteiger partial charge is 0.119 e. The Morgan fingerprint density at radius 3 is 1.06 bits per heavy atom. The summed E-state index contributed by atoms with van der Waals surface area (Å²) >= 11 is 4.73. The van der Waals surface area contributed by atoms with E-state index >= 15 is 0 Å². The highest BCUT2D eigenvalue weighted by Gasteiger charge is 2.04. The third kappa shape index (κ3) is 18.9. The molecule has 0 amide bonds. The molecule has 3 aromatic rings. The second kappa shape index (κ2) is 27.5. The van der Waals surface area contributed by atoms with Crippen LogP contribution in [0.4, 0.5) is 0 Å². The minimum atomic E-state index is 0.781. The summed E-state index contributed by atoms with van der Waals surface area (Å²) in [6, 6.07) is 20.6. The van der Waals surface area contributed by atoms with Crippen LogP contribution >= 0.6 is 45.2 Å². The Bertz CT molecular complexity index is 1350. The maximum Gasteiger partial charge on any atom is 0.119 e. The van der Waals surface area contributed by atoms with Gasteiger partial charge in [-0.2, -0.15) is 0 Å². The van der Waals surface area contributed by atoms with Crippen molar-refractivity contribution in [1.29, 1.82) is 0 Å². The highest BCUT2D eigenvalue weighted by molar-refractivity contribution is 14.1. The molecule has 2 nitrogen and oxygen atoms in total. The van der Waals surface area contributed by atoms with E-state index in [1.54, 1.807) is 0 Å². The van der Waals surface area contributed by atoms with Gasteiger partial charge in [0.1, 0.15) is 11.5 Å². The average Bonchev–Trinajstić information content (AvgIpc) is 3.13. The first-order valence-electron chi connectivity index (χ1n) is 19.6. The molecule has 3 rings (SSSR count). The molecule has 0 atom stereocenters. The fourth-order valence-corrected chi connectivity index (χ4v) is 7.65. The van der Waals surface area contributed by atoms with E-state index in [0.717, 1.165) is 66.9 Å². The molecule has 0 saturated heterocycles. The summed E-state index contributed by atoms with van der Waals surface area (Å²) in [6.07, 6.45) is 26.7. The lowest BCUT2D eigenvalue weighted by molar-refractivity contribution is 0.304. The first-order valence-corrected chi connectivity index (χ1v) is 21.7. The molecule has 0 aliphatic carbocycles. The van der Waals surface area contributed by atoms with Gasteiger partial charge in [0, 0.05) is 29.4 Å². The number of benzene rings is 3. The maximum absolute atomic E-state index is 5.99. The van der Waals surface area contributed by atoms with Crippen LogP contribution in [0.25, 0.3) is 0 Å². The SMILES string of the molecule is CCCCCCCCCCCCOc1ccc(C#Cc2cc(C#Cc3ccc(OCCCCCCCCCCCC)cc3)c(I)cc2I)cc1. The Kier molecular flexibility index (Phi) is 23.2. The molecule has 0 saturated carbocycles. The van der Waals surface area contributed by atoms with Gasteiger partial charge in [0.25, 0.3) is 0 Å². The first kappa shape index (κ1) is 42.3. The molecule has 0 aliphatic rings. The van der Waals surface area contributed by atoms with Gasteiger partial charge in [-0.3, -0.25) is 0 Å². The third-order valence-corrected chi connectivity index (χ3v) is 10.8. The molecule has 0 bridgehead atoms. The summed E-state index contributed by atoms with van der Waals surface area (Å²) in [6.45, 7) is 6.12. The van der Waals surface area contributed by atoms with Crippen molar-refractivity contribution in [3.63, 3.8) is 0 Å². The topological polar surface area (TPSA) is 18.5 Å². The summed E-state index contributed by atoms with van der Waals surface area (Å²) in [5.74, 6) is 15.3. The number of hydrogen-bond donors (Lipinski definition) is 0. The second-order valence-corrected chi connectivity index (χ2v) is 15.7. The van der Waals surface area contributed by atoms with Crippen LogP contribution in [0.2, 0.25) is 0 Å². The third-order valence-electron chi connectivity index (χ3n) is 8.98. The van der Waals surface area contributed by atoms with Crippen LogP contribution in [0.3, 0.4) is 0 Å². The van der Waals surface area contributed by atoms with E-state index < -0.39 is 0 Å². The lowest BCUT2D eigenvalue weighted by Crippen LogP contribution is -1.97. The molecular formula is C46H60I2O2. The molecular weight excluding hydrogens is 838 g/mol. The molecule has 0 spiro atoms. The van der Waals surface area contributed by atoms with Crippen molar-refractivity contribution in [1.82, 2.24) is 0 Å². The van der Waals surface area contributed by atoms with Crippen molar-refractivity contribution in [3.05, 3.63) is 90.1 Å². The van der Waals surface area contributed by atoms with E-state index in [9.17, 15) is 0 Å². The predicted molar refractivity (Wildman–Crippen MR) is 231 cm³/mol. The minimum Gasteiger partial charge on any atom is -0.494 e. The number of hydrogen-bond acceptors (Lipinski definition) is 2. The fraction of sp³-hybridized carbons (Fsp3) is 0.522. The lowest BCUT2D eigenvalue weighted by Gasteiger charge is -2.06. The van der Waals surface area contributed by atoms with Crippen molar-refractivity contribution in [2.24, 2.45) is 0 Å². The van der Waals surface area contributed by atoms with Crippen molar-refractivity contribution in [2.45, 2.75) is 142 Å². The van der Waals surface area contributed by atoms with Gasteiger partial charge in [-0.15, -0.1) is 0 Å². The van der Waals surface area contributed by atoms with Crippen molar-refractivity contribution >= 4 is 45.2 Å². The van der Waals surface area contributed by atoms with E-state index in [-0.39, 0.29) is 0 Å². The second-order valence-electron chi connectivity index (χ2n) is 13.4. The van der Waals surface area contributed by atoms with Gasteiger partial charge in [-0.25, -0.2) is 0 Å². The lowest BCUT2D eigenvalue weighted by atomic mass is 10.1. The van der Waals surface area contributed by atoms with Gasteiger partial charge >= 0.3 is 0 Å². The van der Waals surface area contributed by atoms with Gasteiger partial charge < -0.3 is 9.47 Å². The largest absolute Gasteiger partial charge is 0.494 e. The van der Waals surface area contributed by atoms with Gasteiger partial charge in [-0.05, 0) is 119 Å². The van der Waals surface area contributed by atoms with E-state index in [1.165, 1.54) is 116 Å². The molecule has 0 fully saturated rings. The Balaban J connectivity index is 1.38. The summed E-state index contributed by atoms with van der Waals surface area (Å²) < 4.78 is 14.2. The van der Waals surface area contributed by atoms with Gasteiger partial charge in [-0.1, -0.05) is 153 Å². The Morgan fingerprint density at radius 2 is 0.720 bits per heavy atom. The van der Waals surface area contributed by atoms with Crippen molar-refractivity contribution < 1.29 is 9.47 Å². The molecule has 50 heavy (non-hydrogen) atoms. The number of ether oxygens (including phenoxy) is 2.